The van der Waals surface area contributed by atoms with Crippen LogP contribution in [0.1, 0.15) is 39.0 Å². The normalized spacial score (nSPS) is 49.5. The Morgan fingerprint density at radius 3 is 2.60 bits per heavy atom. The summed E-state index contributed by atoms with van der Waals surface area (Å²) >= 11 is 0. The molecule has 0 amide bonds. The van der Waals surface area contributed by atoms with E-state index >= 15 is 0 Å². The average molecular weight is 134 g/mol. The second kappa shape index (κ2) is 1.34. The molecule has 3 saturated carbocycles. The van der Waals surface area contributed by atoms with Crippen LogP contribution in [0.5, 0.6) is 0 Å². The van der Waals surface area contributed by atoms with Gasteiger partial charge in [0, 0.05) is 0 Å². The highest BCUT2D eigenvalue weighted by atomic mass is 14.6. The maximum atomic E-state index is 2.47. The molecule has 3 aliphatic rings. The molecule has 10 heavy (non-hydrogen) atoms. The van der Waals surface area contributed by atoms with Crippen molar-refractivity contribution in [3.05, 3.63) is 11.1 Å². The van der Waals surface area contributed by atoms with Crippen LogP contribution < -0.4 is 0 Å². The summed E-state index contributed by atoms with van der Waals surface area (Å²) in [5.41, 5.74) is 4.48. The molecule has 3 fully saturated rings. The van der Waals surface area contributed by atoms with Crippen LogP contribution in [-0.4, -0.2) is 0 Å². The lowest BCUT2D eigenvalue weighted by Crippen LogP contribution is -1.88. The smallest absolute Gasteiger partial charge is 0.0254 e. The summed E-state index contributed by atoms with van der Waals surface area (Å²) in [5, 5.41) is 0. The predicted molar refractivity (Wildman–Crippen MR) is 41.7 cm³/mol. The number of hydrogen-bond acceptors (Lipinski definition) is 0. The molecule has 0 spiro atoms. The third-order valence-corrected chi connectivity index (χ3v) is 3.65. The summed E-state index contributed by atoms with van der Waals surface area (Å²) < 4.78 is 0. The lowest BCUT2D eigenvalue weighted by atomic mass is 10.0. The summed E-state index contributed by atoms with van der Waals surface area (Å²) in [6, 6.07) is 0. The van der Waals surface area contributed by atoms with Crippen LogP contribution in [0.15, 0.2) is 11.1 Å². The van der Waals surface area contributed by atoms with Crippen molar-refractivity contribution in [2.24, 2.45) is 11.3 Å². The van der Waals surface area contributed by atoms with Crippen molar-refractivity contribution in [2.75, 3.05) is 0 Å². The third-order valence-electron chi connectivity index (χ3n) is 3.65. The Kier molecular flexibility index (Phi) is 0.725. The molecule has 0 aromatic rings. The first-order valence-corrected chi connectivity index (χ1v) is 4.48. The minimum atomic E-state index is 0.797. The van der Waals surface area contributed by atoms with Gasteiger partial charge in [0.25, 0.3) is 0 Å². The zero-order chi connectivity index (χ0) is 6.77. The van der Waals surface area contributed by atoms with Gasteiger partial charge in [-0.3, -0.25) is 0 Å². The number of fused-ring (bicyclic) bond motifs is 1. The summed E-state index contributed by atoms with van der Waals surface area (Å²) in [6.07, 6.45) is 7.36. The van der Waals surface area contributed by atoms with E-state index in [0.717, 1.165) is 11.3 Å². The third kappa shape index (κ3) is 0.574. The molecular formula is C10H14. The zero-order valence-electron chi connectivity index (χ0n) is 6.61. The van der Waals surface area contributed by atoms with Crippen LogP contribution in [0.2, 0.25) is 0 Å². The molecule has 54 valence electrons. The monoisotopic (exact) mass is 134 g/mol. The van der Waals surface area contributed by atoms with E-state index in [-0.39, 0.29) is 0 Å². The van der Waals surface area contributed by atoms with E-state index in [1.54, 1.807) is 0 Å². The van der Waals surface area contributed by atoms with Crippen molar-refractivity contribution < 1.29 is 0 Å². The molecule has 2 unspecified atom stereocenters. The highest BCUT2D eigenvalue weighted by Gasteiger charge is 2.55. The van der Waals surface area contributed by atoms with Crippen LogP contribution in [0.4, 0.5) is 0 Å². The van der Waals surface area contributed by atoms with Crippen LogP contribution in [0, 0.1) is 11.3 Å². The van der Waals surface area contributed by atoms with Gasteiger partial charge in [0.1, 0.15) is 0 Å². The fourth-order valence-corrected chi connectivity index (χ4v) is 2.58. The lowest BCUT2D eigenvalue weighted by Gasteiger charge is -2.01. The first-order valence-electron chi connectivity index (χ1n) is 4.48. The first-order chi connectivity index (χ1) is 4.78. The van der Waals surface area contributed by atoms with Crippen molar-refractivity contribution in [1.82, 2.24) is 0 Å². The van der Waals surface area contributed by atoms with E-state index in [0.29, 0.717) is 0 Å². The molecule has 0 aliphatic heterocycles. The van der Waals surface area contributed by atoms with Crippen LogP contribution in [-0.2, 0) is 0 Å². The maximum absolute atomic E-state index is 2.47. The molecule has 0 saturated heterocycles. The van der Waals surface area contributed by atoms with Crippen molar-refractivity contribution in [3.63, 3.8) is 0 Å². The zero-order valence-corrected chi connectivity index (χ0v) is 6.61. The van der Waals surface area contributed by atoms with Gasteiger partial charge in [-0.1, -0.05) is 18.1 Å². The van der Waals surface area contributed by atoms with Gasteiger partial charge < -0.3 is 0 Å². The average Bonchev–Trinajstić information content (AvgIpc) is 2.73. The highest BCUT2D eigenvalue weighted by molar-refractivity contribution is 5.33. The van der Waals surface area contributed by atoms with Crippen molar-refractivity contribution in [1.29, 1.82) is 0 Å². The Balaban J connectivity index is 1.91. The second-order valence-electron chi connectivity index (χ2n) is 4.64. The van der Waals surface area contributed by atoms with Crippen LogP contribution in [0.25, 0.3) is 0 Å². The van der Waals surface area contributed by atoms with E-state index in [2.05, 4.69) is 6.92 Å². The maximum Gasteiger partial charge on any atom is -0.0254 e. The molecule has 3 aliphatic carbocycles. The van der Waals surface area contributed by atoms with Gasteiger partial charge >= 0.3 is 0 Å². The number of rotatable bonds is 0. The molecule has 0 heterocycles. The highest BCUT2D eigenvalue weighted by Crippen LogP contribution is 2.66. The Labute approximate surface area is 62.3 Å². The van der Waals surface area contributed by atoms with Crippen molar-refractivity contribution in [2.45, 2.75) is 39.0 Å². The molecule has 0 N–H and O–H groups in total. The predicted octanol–water partition coefficient (Wildman–Crippen LogP) is 2.90. The van der Waals surface area contributed by atoms with Gasteiger partial charge in [-0.2, -0.15) is 0 Å². The Hall–Kier alpha value is -0.260. The fraction of sp³-hybridized carbons (Fsp3) is 0.800. The first kappa shape index (κ1) is 5.40. The molecule has 2 atom stereocenters. The van der Waals surface area contributed by atoms with E-state index in [9.17, 15) is 0 Å². The molecule has 3 rings (SSSR count). The van der Waals surface area contributed by atoms with E-state index < -0.39 is 0 Å². The minimum Gasteiger partial charge on any atom is -0.0703 e. The van der Waals surface area contributed by atoms with E-state index in [4.69, 9.17) is 0 Å². The van der Waals surface area contributed by atoms with Gasteiger partial charge in [0.15, 0.2) is 0 Å². The summed E-state index contributed by atoms with van der Waals surface area (Å²) in [7, 11) is 0. The Morgan fingerprint density at radius 2 is 2.10 bits per heavy atom. The summed E-state index contributed by atoms with van der Waals surface area (Å²) in [6.45, 7) is 2.47. The Bertz CT molecular complexity index is 218. The SMILES string of the molecule is CC12CC(=C3CC3)CC1C2. The topological polar surface area (TPSA) is 0 Å². The quantitative estimate of drug-likeness (QED) is 0.447. The summed E-state index contributed by atoms with van der Waals surface area (Å²) in [4.78, 5) is 0. The molecular weight excluding hydrogens is 120 g/mol. The molecule has 0 radical (unpaired) electrons. The fourth-order valence-electron chi connectivity index (χ4n) is 2.58. The minimum absolute atomic E-state index is 0.797. The van der Waals surface area contributed by atoms with Crippen LogP contribution in [0.3, 0.4) is 0 Å². The second-order valence-corrected chi connectivity index (χ2v) is 4.64. The number of hydrogen-bond donors (Lipinski definition) is 0. The van der Waals surface area contributed by atoms with Gasteiger partial charge in [-0.05, 0) is 43.4 Å². The van der Waals surface area contributed by atoms with Gasteiger partial charge in [0.05, 0.1) is 0 Å². The molecule has 0 aromatic heterocycles. The van der Waals surface area contributed by atoms with E-state index in [1.807, 2.05) is 11.1 Å². The molecule has 0 heteroatoms. The van der Waals surface area contributed by atoms with Crippen LogP contribution >= 0.6 is 0 Å². The lowest BCUT2D eigenvalue weighted by molar-refractivity contribution is 0.569. The molecule has 0 aromatic carbocycles. The van der Waals surface area contributed by atoms with E-state index in [1.165, 1.54) is 32.1 Å². The number of allylic oxidation sites excluding steroid dienone is 2. The van der Waals surface area contributed by atoms with Crippen molar-refractivity contribution in [3.8, 4) is 0 Å². The standard InChI is InChI=1S/C10H14/c1-10-5-8(7-2-3-7)4-9(10)6-10/h9H,2-6H2,1H3. The largest absolute Gasteiger partial charge is 0.0703 e. The summed E-state index contributed by atoms with van der Waals surface area (Å²) in [5.74, 6) is 1.11. The van der Waals surface area contributed by atoms with Crippen molar-refractivity contribution >= 4 is 0 Å². The molecule has 0 nitrogen and oxygen atoms in total. The van der Waals surface area contributed by atoms with Gasteiger partial charge in [0.2, 0.25) is 0 Å². The van der Waals surface area contributed by atoms with Gasteiger partial charge in [-0.15, -0.1) is 0 Å². The molecule has 0 bridgehead atoms. The Morgan fingerprint density at radius 1 is 1.30 bits per heavy atom. The van der Waals surface area contributed by atoms with Gasteiger partial charge in [-0.25, -0.2) is 0 Å².